The molecule has 98 valence electrons. The van der Waals surface area contributed by atoms with Crippen LogP contribution in [-0.4, -0.2) is 20.7 Å². The second kappa shape index (κ2) is 4.82. The van der Waals surface area contributed by atoms with E-state index in [1.807, 2.05) is 0 Å². The monoisotopic (exact) mass is 267 g/mol. The molecule has 1 aliphatic carbocycles. The third kappa shape index (κ3) is 2.97. The van der Waals surface area contributed by atoms with E-state index in [4.69, 9.17) is 0 Å². The lowest BCUT2D eigenvalue weighted by Gasteiger charge is -2.07. The van der Waals surface area contributed by atoms with Gasteiger partial charge in [-0.3, -0.25) is 4.79 Å². The minimum Gasteiger partial charge on any atom is -0.295 e. The van der Waals surface area contributed by atoms with Gasteiger partial charge in [0.05, 0.1) is 4.90 Å². The molecule has 0 saturated heterocycles. The molecule has 1 aromatic carbocycles. The lowest BCUT2D eigenvalue weighted by atomic mass is 10.2. The van der Waals surface area contributed by atoms with Crippen molar-refractivity contribution in [3.63, 3.8) is 0 Å². The SMILES string of the molecule is CC(=O)c1cccc(S(=O)(=O)NCC2CC2C)c1. The number of Topliss-reactive ketones (excluding diaryl/α,β-unsaturated/α-hetero) is 1. The molecule has 5 heteroatoms. The molecule has 0 amide bonds. The zero-order valence-corrected chi connectivity index (χ0v) is 11.3. The van der Waals surface area contributed by atoms with Crippen molar-refractivity contribution in [1.82, 2.24) is 4.72 Å². The summed E-state index contributed by atoms with van der Waals surface area (Å²) in [4.78, 5) is 11.4. The molecule has 0 radical (unpaired) electrons. The van der Waals surface area contributed by atoms with Crippen molar-refractivity contribution in [3.8, 4) is 0 Å². The van der Waals surface area contributed by atoms with Crippen LogP contribution in [0.4, 0.5) is 0 Å². The average Bonchev–Trinajstić information content (AvgIpc) is 3.03. The largest absolute Gasteiger partial charge is 0.295 e. The molecular weight excluding hydrogens is 250 g/mol. The third-order valence-corrected chi connectivity index (χ3v) is 4.78. The van der Waals surface area contributed by atoms with Gasteiger partial charge in [0.1, 0.15) is 0 Å². The Morgan fingerprint density at radius 3 is 2.67 bits per heavy atom. The van der Waals surface area contributed by atoms with Gasteiger partial charge in [-0.05, 0) is 37.3 Å². The number of hydrogen-bond donors (Lipinski definition) is 1. The summed E-state index contributed by atoms with van der Waals surface area (Å²) in [5.74, 6) is 0.926. The first-order valence-corrected chi connectivity index (χ1v) is 7.49. The highest BCUT2D eigenvalue weighted by Gasteiger charge is 2.33. The molecule has 0 heterocycles. The molecule has 1 N–H and O–H groups in total. The topological polar surface area (TPSA) is 63.2 Å². The van der Waals surface area contributed by atoms with Gasteiger partial charge in [-0.25, -0.2) is 13.1 Å². The van der Waals surface area contributed by atoms with Crippen LogP contribution in [0.25, 0.3) is 0 Å². The van der Waals surface area contributed by atoms with Gasteiger partial charge < -0.3 is 0 Å². The second-order valence-corrected chi connectivity index (χ2v) is 6.68. The van der Waals surface area contributed by atoms with Gasteiger partial charge >= 0.3 is 0 Å². The maximum absolute atomic E-state index is 12.0. The number of hydrogen-bond acceptors (Lipinski definition) is 3. The van der Waals surface area contributed by atoms with Crippen molar-refractivity contribution in [2.75, 3.05) is 6.54 Å². The van der Waals surface area contributed by atoms with Crippen LogP contribution in [-0.2, 0) is 10.0 Å². The first-order chi connectivity index (χ1) is 8.40. The van der Waals surface area contributed by atoms with Gasteiger partial charge in [0.25, 0.3) is 0 Å². The summed E-state index contributed by atoms with van der Waals surface area (Å²) >= 11 is 0. The summed E-state index contributed by atoms with van der Waals surface area (Å²) in [6.07, 6.45) is 1.08. The van der Waals surface area contributed by atoms with Crippen molar-refractivity contribution in [3.05, 3.63) is 29.8 Å². The Kier molecular flexibility index (Phi) is 3.54. The van der Waals surface area contributed by atoms with Gasteiger partial charge in [-0.2, -0.15) is 0 Å². The Labute approximate surface area is 107 Å². The maximum Gasteiger partial charge on any atom is 0.240 e. The van der Waals surface area contributed by atoms with Crippen LogP contribution >= 0.6 is 0 Å². The number of carbonyl (C=O) groups excluding carboxylic acids is 1. The number of ketones is 1. The first-order valence-electron chi connectivity index (χ1n) is 6.01. The van der Waals surface area contributed by atoms with Crippen molar-refractivity contribution in [1.29, 1.82) is 0 Å². The number of sulfonamides is 1. The standard InChI is InChI=1S/C13H17NO3S/c1-9-6-12(9)8-14-18(16,17)13-5-3-4-11(7-13)10(2)15/h3-5,7,9,12,14H,6,8H2,1-2H3. The van der Waals surface area contributed by atoms with Crippen LogP contribution < -0.4 is 4.72 Å². The molecule has 0 bridgehead atoms. The summed E-state index contributed by atoms with van der Waals surface area (Å²) in [6, 6.07) is 6.13. The van der Waals surface area contributed by atoms with Crippen LogP contribution in [0, 0.1) is 11.8 Å². The first kappa shape index (κ1) is 13.2. The fourth-order valence-corrected chi connectivity index (χ4v) is 3.01. The van der Waals surface area contributed by atoms with Gasteiger partial charge in [0.15, 0.2) is 5.78 Å². The maximum atomic E-state index is 12.0. The summed E-state index contributed by atoms with van der Waals surface area (Å²) in [5, 5.41) is 0. The van der Waals surface area contributed by atoms with E-state index in [9.17, 15) is 13.2 Å². The van der Waals surface area contributed by atoms with Crippen LogP contribution in [0.1, 0.15) is 30.6 Å². The lowest BCUT2D eigenvalue weighted by Crippen LogP contribution is -2.26. The van der Waals surface area contributed by atoms with Crippen molar-refractivity contribution >= 4 is 15.8 Å². The molecular formula is C13H17NO3S. The van der Waals surface area contributed by atoms with E-state index in [-0.39, 0.29) is 10.7 Å². The molecule has 0 aliphatic heterocycles. The van der Waals surface area contributed by atoms with Crippen molar-refractivity contribution in [2.24, 2.45) is 11.8 Å². The highest BCUT2D eigenvalue weighted by Crippen LogP contribution is 2.37. The molecule has 1 saturated carbocycles. The zero-order valence-electron chi connectivity index (χ0n) is 10.5. The van der Waals surface area contributed by atoms with Crippen LogP contribution in [0.15, 0.2) is 29.2 Å². The molecule has 2 unspecified atom stereocenters. The zero-order chi connectivity index (χ0) is 13.3. The molecule has 18 heavy (non-hydrogen) atoms. The van der Waals surface area contributed by atoms with Gasteiger partial charge in [0.2, 0.25) is 10.0 Å². The van der Waals surface area contributed by atoms with E-state index < -0.39 is 10.0 Å². The molecule has 2 rings (SSSR count). The minimum atomic E-state index is -3.50. The fourth-order valence-electron chi connectivity index (χ4n) is 1.87. The van der Waals surface area contributed by atoms with E-state index in [0.29, 0.717) is 23.9 Å². The predicted octanol–water partition coefficient (Wildman–Crippen LogP) is 1.82. The number of benzene rings is 1. The Morgan fingerprint density at radius 1 is 1.44 bits per heavy atom. The number of nitrogens with one attached hydrogen (secondary N) is 1. The van der Waals surface area contributed by atoms with E-state index in [0.717, 1.165) is 6.42 Å². The summed E-state index contributed by atoms with van der Waals surface area (Å²) in [7, 11) is -3.50. The third-order valence-electron chi connectivity index (χ3n) is 3.36. The average molecular weight is 267 g/mol. The van der Waals surface area contributed by atoms with Gasteiger partial charge in [0, 0.05) is 12.1 Å². The summed E-state index contributed by atoms with van der Waals surface area (Å²) in [5.41, 5.74) is 0.415. The van der Waals surface area contributed by atoms with E-state index in [2.05, 4.69) is 11.6 Å². The number of rotatable bonds is 5. The van der Waals surface area contributed by atoms with E-state index in [1.165, 1.54) is 19.1 Å². The molecule has 0 aromatic heterocycles. The van der Waals surface area contributed by atoms with Crippen LogP contribution in [0.3, 0.4) is 0 Å². The van der Waals surface area contributed by atoms with Crippen molar-refractivity contribution < 1.29 is 13.2 Å². The van der Waals surface area contributed by atoms with Gasteiger partial charge in [-0.1, -0.05) is 19.1 Å². The minimum absolute atomic E-state index is 0.136. The Balaban J connectivity index is 2.13. The van der Waals surface area contributed by atoms with E-state index >= 15 is 0 Å². The molecule has 2 atom stereocenters. The highest BCUT2D eigenvalue weighted by atomic mass is 32.2. The summed E-state index contributed by atoms with van der Waals surface area (Å²) in [6.45, 7) is 4.01. The van der Waals surface area contributed by atoms with Gasteiger partial charge in [-0.15, -0.1) is 0 Å². The predicted molar refractivity (Wildman–Crippen MR) is 68.9 cm³/mol. The summed E-state index contributed by atoms with van der Waals surface area (Å²) < 4.78 is 26.6. The molecule has 0 spiro atoms. The quantitative estimate of drug-likeness (QED) is 0.828. The number of carbonyl (C=O) groups is 1. The normalized spacial score (nSPS) is 22.8. The highest BCUT2D eigenvalue weighted by molar-refractivity contribution is 7.89. The Morgan fingerprint density at radius 2 is 2.11 bits per heavy atom. The molecule has 1 aliphatic rings. The van der Waals surface area contributed by atoms with Crippen LogP contribution in [0.5, 0.6) is 0 Å². The smallest absolute Gasteiger partial charge is 0.240 e. The molecule has 1 aromatic rings. The molecule has 1 fully saturated rings. The fraction of sp³-hybridized carbons (Fsp3) is 0.462. The van der Waals surface area contributed by atoms with Crippen LogP contribution in [0.2, 0.25) is 0 Å². The molecule has 4 nitrogen and oxygen atoms in total. The lowest BCUT2D eigenvalue weighted by molar-refractivity contribution is 0.101. The Hall–Kier alpha value is -1.20. The van der Waals surface area contributed by atoms with E-state index in [1.54, 1.807) is 12.1 Å². The second-order valence-electron chi connectivity index (χ2n) is 4.91. The van der Waals surface area contributed by atoms with Crippen molar-refractivity contribution in [2.45, 2.75) is 25.2 Å². The Bertz CT molecular complexity index is 565.